The zero-order valence-corrected chi connectivity index (χ0v) is 10.9. The van der Waals surface area contributed by atoms with Crippen molar-refractivity contribution in [3.05, 3.63) is 16.6 Å². The standard InChI is InChI=1S/C9H17N3O2S2/c1-2-3-10-4-5-16(13,14)12-7-9-6-11-8-15-9/h6,8,10,12H,2-5,7H2,1H3. The van der Waals surface area contributed by atoms with Gasteiger partial charge in [0.05, 0.1) is 11.3 Å². The van der Waals surface area contributed by atoms with Crippen molar-refractivity contribution in [3.63, 3.8) is 0 Å². The minimum absolute atomic E-state index is 0.117. The van der Waals surface area contributed by atoms with Gasteiger partial charge in [-0.1, -0.05) is 6.92 Å². The Balaban J connectivity index is 2.23. The summed E-state index contributed by atoms with van der Waals surface area (Å²) in [4.78, 5) is 4.80. The van der Waals surface area contributed by atoms with Crippen molar-refractivity contribution in [2.24, 2.45) is 0 Å². The molecule has 0 fully saturated rings. The molecule has 5 nitrogen and oxygen atoms in total. The molecule has 16 heavy (non-hydrogen) atoms. The van der Waals surface area contributed by atoms with Crippen molar-refractivity contribution < 1.29 is 8.42 Å². The number of hydrogen-bond acceptors (Lipinski definition) is 5. The van der Waals surface area contributed by atoms with Crippen molar-refractivity contribution >= 4 is 21.4 Å². The summed E-state index contributed by atoms with van der Waals surface area (Å²) in [7, 11) is -3.17. The Bertz CT molecular complexity index is 375. The van der Waals surface area contributed by atoms with Crippen molar-refractivity contribution in [1.29, 1.82) is 0 Å². The van der Waals surface area contributed by atoms with E-state index in [0.29, 0.717) is 13.1 Å². The second kappa shape index (κ2) is 6.95. The van der Waals surface area contributed by atoms with Gasteiger partial charge in [-0.3, -0.25) is 4.98 Å². The van der Waals surface area contributed by atoms with E-state index in [9.17, 15) is 8.42 Å². The summed E-state index contributed by atoms with van der Waals surface area (Å²) in [6.07, 6.45) is 2.68. The fourth-order valence-corrected chi connectivity index (χ4v) is 2.65. The van der Waals surface area contributed by atoms with Crippen LogP contribution in [0.25, 0.3) is 0 Å². The number of rotatable bonds is 8. The fourth-order valence-electron chi connectivity index (χ4n) is 1.09. The number of hydrogen-bond donors (Lipinski definition) is 2. The third kappa shape index (κ3) is 5.55. The van der Waals surface area contributed by atoms with E-state index in [1.165, 1.54) is 11.3 Å². The molecule has 0 atom stereocenters. The molecule has 2 N–H and O–H groups in total. The summed E-state index contributed by atoms with van der Waals surface area (Å²) in [6.45, 7) is 3.72. The van der Waals surface area contributed by atoms with E-state index in [0.717, 1.165) is 17.8 Å². The van der Waals surface area contributed by atoms with Gasteiger partial charge in [0.1, 0.15) is 0 Å². The van der Waals surface area contributed by atoms with E-state index in [-0.39, 0.29) is 5.75 Å². The van der Waals surface area contributed by atoms with E-state index in [1.54, 1.807) is 11.7 Å². The van der Waals surface area contributed by atoms with Gasteiger partial charge in [-0.25, -0.2) is 13.1 Å². The Morgan fingerprint density at radius 2 is 2.25 bits per heavy atom. The molecule has 0 aliphatic carbocycles. The van der Waals surface area contributed by atoms with Gasteiger partial charge in [0.15, 0.2) is 0 Å². The summed E-state index contributed by atoms with van der Waals surface area (Å²) in [5.41, 5.74) is 1.69. The third-order valence-electron chi connectivity index (χ3n) is 1.92. The second-order valence-corrected chi connectivity index (χ2v) is 6.26. The maximum Gasteiger partial charge on any atom is 0.213 e. The van der Waals surface area contributed by atoms with Crippen LogP contribution in [0.4, 0.5) is 0 Å². The van der Waals surface area contributed by atoms with Crippen molar-refractivity contribution in [3.8, 4) is 0 Å². The first-order valence-corrected chi connectivity index (χ1v) is 7.72. The van der Waals surface area contributed by atoms with Gasteiger partial charge in [0.2, 0.25) is 10.0 Å². The molecule has 0 aliphatic heterocycles. The maximum atomic E-state index is 11.5. The predicted octanol–water partition coefficient (Wildman–Crippen LogP) is 0.562. The van der Waals surface area contributed by atoms with E-state index in [2.05, 4.69) is 15.0 Å². The molecule has 0 aliphatic rings. The largest absolute Gasteiger partial charge is 0.316 e. The zero-order valence-electron chi connectivity index (χ0n) is 9.27. The topological polar surface area (TPSA) is 71.1 Å². The van der Waals surface area contributed by atoms with Crippen LogP contribution in [0.1, 0.15) is 18.2 Å². The lowest BCUT2D eigenvalue weighted by Gasteiger charge is -2.05. The molecule has 0 bridgehead atoms. The molecule has 92 valence electrons. The van der Waals surface area contributed by atoms with Gasteiger partial charge in [0.25, 0.3) is 0 Å². The highest BCUT2D eigenvalue weighted by Gasteiger charge is 2.09. The Hall–Kier alpha value is -0.500. The number of sulfonamides is 1. The SMILES string of the molecule is CCCNCCS(=O)(=O)NCc1cncs1. The number of nitrogens with one attached hydrogen (secondary N) is 2. The number of nitrogens with zero attached hydrogens (tertiary/aromatic N) is 1. The van der Waals surface area contributed by atoms with Gasteiger partial charge in [0, 0.05) is 24.2 Å². The molecule has 0 saturated carbocycles. The highest BCUT2D eigenvalue weighted by Crippen LogP contribution is 2.04. The summed E-state index contributed by atoms with van der Waals surface area (Å²) < 4.78 is 25.6. The van der Waals surface area contributed by atoms with Crippen LogP contribution in [-0.4, -0.2) is 32.2 Å². The van der Waals surface area contributed by atoms with E-state index in [1.807, 2.05) is 6.92 Å². The van der Waals surface area contributed by atoms with Crippen LogP contribution >= 0.6 is 11.3 Å². The first kappa shape index (κ1) is 13.6. The summed E-state index contributed by atoms with van der Waals surface area (Å²) in [5.74, 6) is 0.117. The monoisotopic (exact) mass is 263 g/mol. The minimum Gasteiger partial charge on any atom is -0.316 e. The fraction of sp³-hybridized carbons (Fsp3) is 0.667. The van der Waals surface area contributed by atoms with E-state index >= 15 is 0 Å². The average molecular weight is 263 g/mol. The Morgan fingerprint density at radius 3 is 2.88 bits per heavy atom. The van der Waals surface area contributed by atoms with Gasteiger partial charge in [-0.05, 0) is 13.0 Å². The van der Waals surface area contributed by atoms with E-state index in [4.69, 9.17) is 0 Å². The lowest BCUT2D eigenvalue weighted by atomic mass is 10.5. The molecular weight excluding hydrogens is 246 g/mol. The Labute approximate surface area is 100 Å². The first-order chi connectivity index (χ1) is 7.64. The average Bonchev–Trinajstić information content (AvgIpc) is 2.75. The van der Waals surface area contributed by atoms with Crippen LogP contribution in [0.3, 0.4) is 0 Å². The van der Waals surface area contributed by atoms with Gasteiger partial charge in [-0.15, -0.1) is 11.3 Å². The molecule has 7 heteroatoms. The van der Waals surface area contributed by atoms with Gasteiger partial charge < -0.3 is 5.32 Å². The lowest BCUT2D eigenvalue weighted by molar-refractivity contribution is 0.576. The Kier molecular flexibility index (Phi) is 5.89. The Morgan fingerprint density at radius 1 is 1.44 bits per heavy atom. The summed E-state index contributed by atoms with van der Waals surface area (Å²) >= 11 is 1.44. The molecule has 0 radical (unpaired) electrons. The van der Waals surface area contributed by atoms with Crippen LogP contribution < -0.4 is 10.0 Å². The number of thiazole rings is 1. The van der Waals surface area contributed by atoms with Crippen molar-refractivity contribution in [1.82, 2.24) is 15.0 Å². The molecule has 1 aromatic rings. The van der Waals surface area contributed by atoms with Crippen LogP contribution in [-0.2, 0) is 16.6 Å². The van der Waals surface area contributed by atoms with Crippen LogP contribution in [0.15, 0.2) is 11.7 Å². The zero-order chi connectivity index (χ0) is 11.9. The third-order valence-corrected chi connectivity index (χ3v) is 4.03. The molecule has 1 aromatic heterocycles. The van der Waals surface area contributed by atoms with Crippen molar-refractivity contribution in [2.45, 2.75) is 19.9 Å². The smallest absolute Gasteiger partial charge is 0.213 e. The molecule has 0 saturated heterocycles. The molecular formula is C9H17N3O2S2. The van der Waals surface area contributed by atoms with Crippen LogP contribution in [0.2, 0.25) is 0 Å². The lowest BCUT2D eigenvalue weighted by Crippen LogP contribution is -2.31. The van der Waals surface area contributed by atoms with E-state index < -0.39 is 10.0 Å². The highest BCUT2D eigenvalue weighted by atomic mass is 32.2. The molecule has 1 rings (SSSR count). The highest BCUT2D eigenvalue weighted by molar-refractivity contribution is 7.89. The quantitative estimate of drug-likeness (QED) is 0.672. The molecule has 0 amide bonds. The normalized spacial score (nSPS) is 11.8. The predicted molar refractivity (Wildman–Crippen MR) is 65.9 cm³/mol. The number of aromatic nitrogens is 1. The second-order valence-electron chi connectivity index (χ2n) is 3.36. The minimum atomic E-state index is -3.17. The summed E-state index contributed by atoms with van der Waals surface area (Å²) in [6, 6.07) is 0. The molecule has 0 aromatic carbocycles. The van der Waals surface area contributed by atoms with Crippen molar-refractivity contribution in [2.75, 3.05) is 18.8 Å². The molecule has 0 spiro atoms. The summed E-state index contributed by atoms with van der Waals surface area (Å²) in [5, 5.41) is 3.06. The van der Waals surface area contributed by atoms with Crippen LogP contribution in [0, 0.1) is 0 Å². The first-order valence-electron chi connectivity index (χ1n) is 5.19. The van der Waals surface area contributed by atoms with Gasteiger partial charge in [-0.2, -0.15) is 0 Å². The van der Waals surface area contributed by atoms with Gasteiger partial charge >= 0.3 is 0 Å². The van der Waals surface area contributed by atoms with Crippen LogP contribution in [0.5, 0.6) is 0 Å². The molecule has 1 heterocycles. The maximum absolute atomic E-state index is 11.5. The molecule has 0 unspecified atom stereocenters.